The molecule has 88 valence electrons. The van der Waals surface area contributed by atoms with Gasteiger partial charge in [0.2, 0.25) is 0 Å². The molecule has 0 heterocycles. The number of amides is 1. The van der Waals surface area contributed by atoms with Gasteiger partial charge in [-0.25, -0.2) is 0 Å². The first-order valence-electron chi connectivity index (χ1n) is 4.80. The molecule has 1 atom stereocenters. The third kappa shape index (κ3) is 3.68. The van der Waals surface area contributed by atoms with Crippen molar-refractivity contribution in [3.8, 4) is 0 Å². The van der Waals surface area contributed by atoms with Crippen molar-refractivity contribution < 1.29 is 4.79 Å². The maximum absolute atomic E-state index is 11.9. The highest BCUT2D eigenvalue weighted by molar-refractivity contribution is 9.10. The fraction of sp³-hybridized carbons (Fsp3) is 0.364. The Kier molecular flexibility index (Phi) is 5.66. The predicted molar refractivity (Wildman–Crippen MR) is 74.5 cm³/mol. The topological polar surface area (TPSA) is 29.1 Å². The van der Waals surface area contributed by atoms with E-state index in [2.05, 4.69) is 21.2 Å². The number of thioether (sulfide) groups is 1. The number of carbonyl (C=O) groups excluding carboxylic acids is 1. The van der Waals surface area contributed by atoms with Gasteiger partial charge in [-0.3, -0.25) is 4.79 Å². The second kappa shape index (κ2) is 6.52. The van der Waals surface area contributed by atoms with E-state index in [9.17, 15) is 4.79 Å². The van der Waals surface area contributed by atoms with Crippen LogP contribution in [0.15, 0.2) is 22.7 Å². The average Bonchev–Trinajstić information content (AvgIpc) is 2.22. The maximum atomic E-state index is 11.9. The van der Waals surface area contributed by atoms with Crippen molar-refractivity contribution in [2.24, 2.45) is 0 Å². The van der Waals surface area contributed by atoms with Crippen molar-refractivity contribution in [2.45, 2.75) is 13.0 Å². The van der Waals surface area contributed by atoms with Crippen LogP contribution in [-0.2, 0) is 0 Å². The minimum atomic E-state index is -0.132. The number of benzene rings is 1. The van der Waals surface area contributed by atoms with Crippen LogP contribution in [0.4, 0.5) is 0 Å². The molecule has 0 aliphatic carbocycles. The summed E-state index contributed by atoms with van der Waals surface area (Å²) < 4.78 is 0.735. The number of hydrogen-bond donors (Lipinski definition) is 1. The lowest BCUT2D eigenvalue weighted by atomic mass is 10.2. The smallest absolute Gasteiger partial charge is 0.253 e. The van der Waals surface area contributed by atoms with E-state index in [4.69, 9.17) is 11.6 Å². The van der Waals surface area contributed by atoms with Crippen LogP contribution in [0.25, 0.3) is 0 Å². The third-order valence-electron chi connectivity index (χ3n) is 1.99. The maximum Gasteiger partial charge on any atom is 0.253 e. The summed E-state index contributed by atoms with van der Waals surface area (Å²) in [6.45, 7) is 1.97. The van der Waals surface area contributed by atoms with Gasteiger partial charge in [-0.1, -0.05) is 17.7 Å². The lowest BCUT2D eigenvalue weighted by Crippen LogP contribution is -2.34. The molecule has 5 heteroatoms. The molecule has 0 aliphatic heterocycles. The van der Waals surface area contributed by atoms with Crippen molar-refractivity contribution in [1.29, 1.82) is 0 Å². The van der Waals surface area contributed by atoms with Crippen molar-refractivity contribution in [2.75, 3.05) is 12.0 Å². The van der Waals surface area contributed by atoms with Crippen molar-refractivity contribution in [3.05, 3.63) is 33.3 Å². The highest BCUT2D eigenvalue weighted by atomic mass is 79.9. The molecule has 2 nitrogen and oxygen atoms in total. The Morgan fingerprint density at radius 2 is 2.31 bits per heavy atom. The SMILES string of the molecule is CSCC(C)NC(=O)c1cccc(Br)c1Cl. The van der Waals surface area contributed by atoms with Crippen LogP contribution in [0, 0.1) is 0 Å². The molecular weight excluding hydrogens is 310 g/mol. The van der Waals surface area contributed by atoms with Gasteiger partial charge in [-0.15, -0.1) is 0 Å². The molecule has 1 aromatic carbocycles. The molecule has 1 N–H and O–H groups in total. The minimum Gasteiger partial charge on any atom is -0.349 e. The summed E-state index contributed by atoms with van der Waals surface area (Å²) in [5.41, 5.74) is 0.504. The fourth-order valence-corrected chi connectivity index (χ4v) is 2.43. The first kappa shape index (κ1) is 13.9. The summed E-state index contributed by atoms with van der Waals surface area (Å²) in [7, 11) is 0. The number of nitrogens with one attached hydrogen (secondary N) is 1. The second-order valence-electron chi connectivity index (χ2n) is 3.43. The predicted octanol–water partition coefficient (Wildman–Crippen LogP) is 3.58. The van der Waals surface area contributed by atoms with Gasteiger partial charge in [-0.05, 0) is 41.2 Å². The summed E-state index contributed by atoms with van der Waals surface area (Å²) in [6.07, 6.45) is 2.01. The molecule has 0 fully saturated rings. The van der Waals surface area contributed by atoms with E-state index >= 15 is 0 Å². The van der Waals surface area contributed by atoms with E-state index in [1.165, 1.54) is 0 Å². The quantitative estimate of drug-likeness (QED) is 0.918. The van der Waals surface area contributed by atoms with Gasteiger partial charge in [0.05, 0.1) is 10.6 Å². The summed E-state index contributed by atoms with van der Waals surface area (Å²) in [5, 5.41) is 3.36. The molecule has 0 aliphatic rings. The standard InChI is InChI=1S/C11H13BrClNOS/c1-7(6-16-2)14-11(15)8-4-3-5-9(12)10(8)13/h3-5,7H,6H2,1-2H3,(H,14,15). The van der Waals surface area contributed by atoms with Crippen molar-refractivity contribution >= 4 is 45.2 Å². The zero-order valence-electron chi connectivity index (χ0n) is 9.09. The minimum absolute atomic E-state index is 0.132. The summed E-state index contributed by atoms with van der Waals surface area (Å²) in [4.78, 5) is 11.9. The van der Waals surface area contributed by atoms with Crippen LogP contribution >= 0.6 is 39.3 Å². The molecule has 16 heavy (non-hydrogen) atoms. The number of rotatable bonds is 4. The van der Waals surface area contributed by atoms with Gasteiger partial charge in [0.15, 0.2) is 0 Å². The number of hydrogen-bond acceptors (Lipinski definition) is 2. The Bertz CT molecular complexity index is 386. The second-order valence-corrected chi connectivity index (χ2v) is 5.57. The average molecular weight is 323 g/mol. The molecule has 1 amide bonds. The van der Waals surface area contributed by atoms with Crippen LogP contribution in [-0.4, -0.2) is 24.0 Å². The Morgan fingerprint density at radius 3 is 2.94 bits per heavy atom. The summed E-state index contributed by atoms with van der Waals surface area (Å²) in [6, 6.07) is 5.46. The van der Waals surface area contributed by atoms with Crippen LogP contribution in [0.1, 0.15) is 17.3 Å². The van der Waals surface area contributed by atoms with Gasteiger partial charge >= 0.3 is 0 Å². The molecule has 0 spiro atoms. The molecule has 0 aromatic heterocycles. The molecule has 1 unspecified atom stereocenters. The number of carbonyl (C=O) groups is 1. The van der Waals surface area contributed by atoms with Crippen molar-refractivity contribution in [1.82, 2.24) is 5.32 Å². The van der Waals surface area contributed by atoms with Crippen LogP contribution in [0.5, 0.6) is 0 Å². The lowest BCUT2D eigenvalue weighted by molar-refractivity contribution is 0.0944. The summed E-state index contributed by atoms with van der Waals surface area (Å²) in [5.74, 6) is 0.755. The van der Waals surface area contributed by atoms with E-state index in [0.29, 0.717) is 10.6 Å². The molecule has 0 radical (unpaired) electrons. The highest BCUT2D eigenvalue weighted by Crippen LogP contribution is 2.25. The first-order valence-corrected chi connectivity index (χ1v) is 7.36. The third-order valence-corrected chi connectivity index (χ3v) is 4.12. The van der Waals surface area contributed by atoms with E-state index in [1.54, 1.807) is 23.9 Å². The Hall–Kier alpha value is -0.190. The van der Waals surface area contributed by atoms with Crippen molar-refractivity contribution in [3.63, 3.8) is 0 Å². The Morgan fingerprint density at radius 1 is 1.62 bits per heavy atom. The molecule has 0 saturated heterocycles. The molecule has 1 aromatic rings. The van der Waals surface area contributed by atoms with Gasteiger partial charge in [0.1, 0.15) is 0 Å². The molecular formula is C11H13BrClNOS. The van der Waals surface area contributed by atoms with Gasteiger partial charge < -0.3 is 5.32 Å². The van der Waals surface area contributed by atoms with Gasteiger partial charge in [0.25, 0.3) is 5.91 Å². The Labute approximate surface area is 113 Å². The molecule has 0 saturated carbocycles. The van der Waals surface area contributed by atoms with Crippen LogP contribution in [0.2, 0.25) is 5.02 Å². The normalized spacial score (nSPS) is 12.2. The van der Waals surface area contributed by atoms with E-state index in [1.807, 2.05) is 19.2 Å². The lowest BCUT2D eigenvalue weighted by Gasteiger charge is -2.13. The van der Waals surface area contributed by atoms with Crippen LogP contribution < -0.4 is 5.32 Å². The largest absolute Gasteiger partial charge is 0.349 e. The highest BCUT2D eigenvalue weighted by Gasteiger charge is 2.14. The monoisotopic (exact) mass is 321 g/mol. The molecule has 0 bridgehead atoms. The van der Waals surface area contributed by atoms with E-state index < -0.39 is 0 Å². The Balaban J connectivity index is 2.77. The van der Waals surface area contributed by atoms with Gasteiger partial charge in [0, 0.05) is 16.3 Å². The van der Waals surface area contributed by atoms with E-state index in [-0.39, 0.29) is 11.9 Å². The van der Waals surface area contributed by atoms with E-state index in [0.717, 1.165) is 10.2 Å². The summed E-state index contributed by atoms with van der Waals surface area (Å²) >= 11 is 11.0. The first-order chi connectivity index (χ1) is 7.56. The molecule has 1 rings (SSSR count). The van der Waals surface area contributed by atoms with Gasteiger partial charge in [-0.2, -0.15) is 11.8 Å². The zero-order chi connectivity index (χ0) is 12.1. The zero-order valence-corrected chi connectivity index (χ0v) is 12.2. The van der Waals surface area contributed by atoms with Crippen LogP contribution in [0.3, 0.4) is 0 Å². The number of halogens is 2. The fourth-order valence-electron chi connectivity index (χ4n) is 1.27.